The summed E-state index contributed by atoms with van der Waals surface area (Å²) in [5, 5.41) is 21.9. The Hall–Kier alpha value is -2.45. The van der Waals surface area contributed by atoms with Gasteiger partial charge in [0.2, 0.25) is 0 Å². The van der Waals surface area contributed by atoms with E-state index < -0.39 is 5.41 Å². The van der Waals surface area contributed by atoms with Crippen LogP contribution in [-0.4, -0.2) is 38.3 Å². The number of thiol groups is 1. The molecule has 0 aromatic heterocycles. The molecule has 1 fully saturated rings. The van der Waals surface area contributed by atoms with E-state index in [0.29, 0.717) is 16.2 Å². The molecule has 1 atom stereocenters. The Balaban J connectivity index is 0.000000290. The SMILES string of the molecule is CC1(c2ccccc2)C(C#N)=C(N)NC(S)=C1C#N.CN1CCOCC1. The Morgan fingerprint density at radius 1 is 1.15 bits per heavy atom. The predicted octanol–water partition coefficient (Wildman–Crippen LogP) is 1.85. The second-order valence-corrected chi connectivity index (χ2v) is 6.71. The van der Waals surface area contributed by atoms with Crippen molar-refractivity contribution in [2.75, 3.05) is 33.4 Å². The van der Waals surface area contributed by atoms with E-state index in [1.807, 2.05) is 37.3 Å². The van der Waals surface area contributed by atoms with Crippen molar-refractivity contribution in [3.63, 3.8) is 0 Å². The van der Waals surface area contributed by atoms with Gasteiger partial charge < -0.3 is 20.7 Å². The van der Waals surface area contributed by atoms with Crippen molar-refractivity contribution in [1.29, 1.82) is 10.5 Å². The number of benzene rings is 1. The van der Waals surface area contributed by atoms with Crippen molar-refractivity contribution in [2.45, 2.75) is 12.3 Å². The molecule has 2 aliphatic rings. The zero-order chi connectivity index (χ0) is 19.2. The van der Waals surface area contributed by atoms with Crippen LogP contribution in [0.2, 0.25) is 0 Å². The van der Waals surface area contributed by atoms with Crippen LogP contribution in [0.15, 0.2) is 52.3 Å². The molecule has 26 heavy (non-hydrogen) atoms. The normalized spacial score (nSPS) is 23.3. The zero-order valence-electron chi connectivity index (χ0n) is 15.0. The van der Waals surface area contributed by atoms with Gasteiger partial charge in [-0.15, -0.1) is 12.6 Å². The number of nitrogens with two attached hydrogens (primary N) is 1. The molecule has 2 aliphatic heterocycles. The molecule has 0 bridgehead atoms. The van der Waals surface area contributed by atoms with Crippen LogP contribution >= 0.6 is 12.6 Å². The van der Waals surface area contributed by atoms with Gasteiger partial charge in [0.15, 0.2) is 0 Å². The van der Waals surface area contributed by atoms with Crippen LogP contribution in [0.25, 0.3) is 0 Å². The number of likely N-dealkylation sites (N-methyl/N-ethyl adjacent to an activating group) is 1. The van der Waals surface area contributed by atoms with Crippen molar-refractivity contribution in [3.8, 4) is 12.1 Å². The Labute approximate surface area is 159 Å². The molecule has 0 aliphatic carbocycles. The lowest BCUT2D eigenvalue weighted by Gasteiger charge is -2.34. The average molecular weight is 369 g/mol. The maximum absolute atomic E-state index is 9.39. The summed E-state index contributed by atoms with van der Waals surface area (Å²) in [6.07, 6.45) is 0. The van der Waals surface area contributed by atoms with Crippen LogP contribution in [0.3, 0.4) is 0 Å². The van der Waals surface area contributed by atoms with Crippen LogP contribution in [0.1, 0.15) is 12.5 Å². The summed E-state index contributed by atoms with van der Waals surface area (Å²) in [4.78, 5) is 2.27. The first-order valence-electron chi connectivity index (χ1n) is 8.28. The summed E-state index contributed by atoms with van der Waals surface area (Å²) in [5.41, 5.74) is 6.53. The van der Waals surface area contributed by atoms with Crippen LogP contribution in [0.4, 0.5) is 0 Å². The fourth-order valence-electron chi connectivity index (χ4n) is 2.94. The number of nitriles is 2. The molecule has 7 heteroatoms. The van der Waals surface area contributed by atoms with Crippen LogP contribution in [0, 0.1) is 22.7 Å². The molecule has 6 nitrogen and oxygen atoms in total. The second kappa shape index (κ2) is 8.77. The van der Waals surface area contributed by atoms with Gasteiger partial charge in [-0.05, 0) is 19.5 Å². The lowest BCUT2D eigenvalue weighted by atomic mass is 9.70. The molecule has 136 valence electrons. The maximum Gasteiger partial charge on any atom is 0.116 e. The summed E-state index contributed by atoms with van der Waals surface area (Å²) in [5.74, 6) is 0.234. The van der Waals surface area contributed by atoms with E-state index in [1.165, 1.54) is 0 Å². The Morgan fingerprint density at radius 3 is 2.19 bits per heavy atom. The van der Waals surface area contributed by atoms with Gasteiger partial charge in [-0.25, -0.2) is 0 Å². The van der Waals surface area contributed by atoms with E-state index in [-0.39, 0.29) is 5.82 Å². The minimum absolute atomic E-state index is 0.234. The second-order valence-electron chi connectivity index (χ2n) is 6.27. The molecule has 0 saturated carbocycles. The van der Waals surface area contributed by atoms with Crippen LogP contribution in [-0.2, 0) is 10.2 Å². The van der Waals surface area contributed by atoms with E-state index in [0.717, 1.165) is 31.9 Å². The summed E-state index contributed by atoms with van der Waals surface area (Å²) in [7, 11) is 2.11. The Morgan fingerprint density at radius 2 is 1.73 bits per heavy atom. The van der Waals surface area contributed by atoms with Gasteiger partial charge in [0.05, 0.1) is 46.9 Å². The number of hydrogen-bond acceptors (Lipinski definition) is 7. The lowest BCUT2D eigenvalue weighted by molar-refractivity contribution is 0.0503. The van der Waals surface area contributed by atoms with Gasteiger partial charge in [0.25, 0.3) is 0 Å². The third-order valence-corrected chi connectivity index (χ3v) is 4.90. The number of allylic oxidation sites excluding steroid dienone is 2. The van der Waals surface area contributed by atoms with E-state index >= 15 is 0 Å². The van der Waals surface area contributed by atoms with Crippen LogP contribution in [0.5, 0.6) is 0 Å². The van der Waals surface area contributed by atoms with Gasteiger partial charge in [0, 0.05) is 13.1 Å². The van der Waals surface area contributed by atoms with Gasteiger partial charge in [-0.1, -0.05) is 30.3 Å². The number of hydrogen-bond donors (Lipinski definition) is 3. The largest absolute Gasteiger partial charge is 0.384 e. The highest BCUT2D eigenvalue weighted by Crippen LogP contribution is 2.42. The molecule has 1 aromatic carbocycles. The van der Waals surface area contributed by atoms with Gasteiger partial charge in [-0.3, -0.25) is 0 Å². The van der Waals surface area contributed by atoms with E-state index in [4.69, 9.17) is 10.5 Å². The van der Waals surface area contributed by atoms with Crippen molar-refractivity contribution >= 4 is 12.6 Å². The standard InChI is InChI=1S/C14H12N4S.C5H11NO/c1-14(9-5-3-2-4-6-9)10(7-15)12(17)18-13(19)11(14)8-16;1-6-2-4-7-5-3-6/h2-6,18-19H,17H2,1H3;2-5H2,1H3. The smallest absolute Gasteiger partial charge is 0.116 e. The molecule has 0 spiro atoms. The van der Waals surface area contributed by atoms with Crippen molar-refractivity contribution in [3.05, 3.63) is 57.9 Å². The highest BCUT2D eigenvalue weighted by molar-refractivity contribution is 7.84. The first-order chi connectivity index (χ1) is 12.4. The quantitative estimate of drug-likeness (QED) is 0.654. The number of nitrogens with zero attached hydrogens (tertiary/aromatic N) is 3. The number of nitrogens with one attached hydrogen (secondary N) is 1. The third kappa shape index (κ3) is 4.03. The molecule has 3 N–H and O–H groups in total. The van der Waals surface area contributed by atoms with Crippen molar-refractivity contribution in [1.82, 2.24) is 10.2 Å². The zero-order valence-corrected chi connectivity index (χ0v) is 15.9. The molecular formula is C19H23N5OS. The summed E-state index contributed by atoms with van der Waals surface area (Å²) >= 11 is 4.26. The van der Waals surface area contributed by atoms with E-state index in [1.54, 1.807) is 0 Å². The molecule has 0 amide bonds. The third-order valence-electron chi connectivity index (χ3n) is 4.57. The summed E-state index contributed by atoms with van der Waals surface area (Å²) in [6.45, 7) is 5.83. The summed E-state index contributed by atoms with van der Waals surface area (Å²) in [6, 6.07) is 13.6. The van der Waals surface area contributed by atoms with E-state index in [9.17, 15) is 10.5 Å². The number of morpholine rings is 1. The molecule has 2 heterocycles. The summed E-state index contributed by atoms with van der Waals surface area (Å²) < 4.78 is 5.10. The number of ether oxygens (including phenoxy) is 1. The van der Waals surface area contributed by atoms with Gasteiger partial charge >= 0.3 is 0 Å². The molecular weight excluding hydrogens is 346 g/mol. The van der Waals surface area contributed by atoms with Gasteiger partial charge in [-0.2, -0.15) is 10.5 Å². The fraction of sp³-hybridized carbons (Fsp3) is 0.368. The van der Waals surface area contributed by atoms with Crippen molar-refractivity contribution < 1.29 is 4.74 Å². The first-order valence-corrected chi connectivity index (χ1v) is 8.72. The minimum atomic E-state index is -0.878. The van der Waals surface area contributed by atoms with Crippen molar-refractivity contribution in [2.24, 2.45) is 5.73 Å². The number of rotatable bonds is 1. The average Bonchev–Trinajstić information content (AvgIpc) is 2.64. The minimum Gasteiger partial charge on any atom is -0.384 e. The molecule has 1 saturated heterocycles. The highest BCUT2D eigenvalue weighted by Gasteiger charge is 2.42. The predicted molar refractivity (Wildman–Crippen MR) is 104 cm³/mol. The Kier molecular flexibility index (Phi) is 6.70. The highest BCUT2D eigenvalue weighted by atomic mass is 32.1. The molecule has 1 unspecified atom stereocenters. The molecule has 3 rings (SSSR count). The molecule has 1 aromatic rings. The number of dihydropyridines is 1. The fourth-order valence-corrected chi connectivity index (χ4v) is 3.33. The lowest BCUT2D eigenvalue weighted by Crippen LogP contribution is -2.38. The van der Waals surface area contributed by atoms with Gasteiger partial charge in [0.1, 0.15) is 5.82 Å². The monoisotopic (exact) mass is 369 g/mol. The van der Waals surface area contributed by atoms with E-state index in [2.05, 4.69) is 42.0 Å². The maximum atomic E-state index is 9.39. The molecule has 0 radical (unpaired) electrons. The van der Waals surface area contributed by atoms with Crippen LogP contribution < -0.4 is 11.1 Å². The topological polar surface area (TPSA) is 98.1 Å². The first kappa shape index (κ1) is 19.9. The Bertz CT molecular complexity index is 746.